The van der Waals surface area contributed by atoms with Crippen molar-refractivity contribution in [1.29, 1.82) is 0 Å². The molecule has 0 bridgehead atoms. The molecule has 0 saturated heterocycles. The number of para-hydroxylation sites is 1. The summed E-state index contributed by atoms with van der Waals surface area (Å²) in [4.78, 5) is 0. The van der Waals surface area contributed by atoms with Crippen molar-refractivity contribution >= 4 is 0 Å². The monoisotopic (exact) mass is 249 g/mol. The molecule has 0 aliphatic heterocycles. The summed E-state index contributed by atoms with van der Waals surface area (Å²) in [6.45, 7) is 9.17. The fourth-order valence-corrected chi connectivity index (χ4v) is 1.69. The first-order chi connectivity index (χ1) is 8.69. The summed E-state index contributed by atoms with van der Waals surface area (Å²) >= 11 is 0. The van der Waals surface area contributed by atoms with E-state index in [0.717, 1.165) is 11.3 Å². The Morgan fingerprint density at radius 1 is 1.39 bits per heavy atom. The van der Waals surface area contributed by atoms with E-state index in [9.17, 15) is 5.11 Å². The topological polar surface area (TPSA) is 41.5 Å². The molecule has 1 atom stereocenters. The molecule has 1 aromatic carbocycles. The van der Waals surface area contributed by atoms with Crippen LogP contribution < -0.4 is 10.1 Å². The maximum Gasteiger partial charge on any atom is 0.124 e. The van der Waals surface area contributed by atoms with Gasteiger partial charge in [-0.25, -0.2) is 0 Å². The first kappa shape index (κ1) is 14.7. The van der Waals surface area contributed by atoms with Crippen LogP contribution in [0.4, 0.5) is 0 Å². The van der Waals surface area contributed by atoms with Gasteiger partial charge in [0.05, 0.1) is 6.61 Å². The molecule has 0 heterocycles. The Balaban J connectivity index is 2.62. The Hall–Kier alpha value is -1.32. The van der Waals surface area contributed by atoms with Crippen molar-refractivity contribution in [3.63, 3.8) is 0 Å². The lowest BCUT2D eigenvalue weighted by molar-refractivity contribution is 0.209. The second kappa shape index (κ2) is 7.90. The number of hydrogen-bond donors (Lipinski definition) is 2. The van der Waals surface area contributed by atoms with E-state index in [2.05, 4.69) is 25.7 Å². The van der Waals surface area contributed by atoms with Crippen LogP contribution in [-0.4, -0.2) is 24.4 Å². The standard InChI is InChI=1S/C15H23NO2/c1-4-9-18-15-8-6-5-7-13(15)10-16-14(11-17)12(2)3/h4-8,12,14,16-17H,1,9-11H2,2-3H3. The summed E-state index contributed by atoms with van der Waals surface area (Å²) < 4.78 is 5.59. The number of ether oxygens (including phenoxy) is 1. The summed E-state index contributed by atoms with van der Waals surface area (Å²) in [5.41, 5.74) is 1.10. The molecule has 3 heteroatoms. The van der Waals surface area contributed by atoms with Crippen molar-refractivity contribution in [2.45, 2.75) is 26.4 Å². The summed E-state index contributed by atoms with van der Waals surface area (Å²) in [6, 6.07) is 8.02. The first-order valence-corrected chi connectivity index (χ1v) is 6.34. The lowest BCUT2D eigenvalue weighted by Crippen LogP contribution is -2.36. The Morgan fingerprint density at radius 2 is 2.11 bits per heavy atom. The van der Waals surface area contributed by atoms with Crippen LogP contribution >= 0.6 is 0 Å². The average Bonchev–Trinajstić information content (AvgIpc) is 2.38. The highest BCUT2D eigenvalue weighted by Gasteiger charge is 2.12. The van der Waals surface area contributed by atoms with E-state index in [4.69, 9.17) is 4.74 Å². The Kier molecular flexibility index (Phi) is 6.47. The van der Waals surface area contributed by atoms with E-state index in [-0.39, 0.29) is 12.6 Å². The van der Waals surface area contributed by atoms with Crippen molar-refractivity contribution in [2.24, 2.45) is 5.92 Å². The third kappa shape index (κ3) is 4.51. The highest BCUT2D eigenvalue weighted by atomic mass is 16.5. The molecule has 0 aliphatic rings. The van der Waals surface area contributed by atoms with Crippen molar-refractivity contribution in [3.8, 4) is 5.75 Å². The number of aliphatic hydroxyl groups excluding tert-OH is 1. The van der Waals surface area contributed by atoms with Gasteiger partial charge in [0.25, 0.3) is 0 Å². The molecular weight excluding hydrogens is 226 g/mol. The lowest BCUT2D eigenvalue weighted by Gasteiger charge is -2.20. The number of rotatable bonds is 8. The summed E-state index contributed by atoms with van der Waals surface area (Å²) in [5.74, 6) is 1.27. The molecule has 0 fully saturated rings. The van der Waals surface area contributed by atoms with Crippen LogP contribution in [0.15, 0.2) is 36.9 Å². The van der Waals surface area contributed by atoms with E-state index in [0.29, 0.717) is 19.1 Å². The van der Waals surface area contributed by atoms with Crippen LogP contribution in [-0.2, 0) is 6.54 Å². The van der Waals surface area contributed by atoms with Crippen molar-refractivity contribution < 1.29 is 9.84 Å². The minimum absolute atomic E-state index is 0.109. The normalized spacial score (nSPS) is 12.4. The average molecular weight is 249 g/mol. The van der Waals surface area contributed by atoms with Gasteiger partial charge in [0.1, 0.15) is 12.4 Å². The predicted molar refractivity (Wildman–Crippen MR) is 74.7 cm³/mol. The van der Waals surface area contributed by atoms with E-state index >= 15 is 0 Å². The molecule has 0 radical (unpaired) electrons. The number of benzene rings is 1. The van der Waals surface area contributed by atoms with E-state index in [1.54, 1.807) is 6.08 Å². The summed E-state index contributed by atoms with van der Waals surface area (Å²) in [5, 5.41) is 12.6. The quantitative estimate of drug-likeness (QED) is 0.695. The molecule has 0 aliphatic carbocycles. The number of aliphatic hydroxyl groups is 1. The minimum atomic E-state index is 0.109. The molecule has 2 N–H and O–H groups in total. The fraction of sp³-hybridized carbons (Fsp3) is 0.467. The molecule has 1 rings (SSSR count). The molecule has 0 aromatic heterocycles. The number of hydrogen-bond acceptors (Lipinski definition) is 3. The van der Waals surface area contributed by atoms with E-state index in [1.807, 2.05) is 24.3 Å². The molecule has 3 nitrogen and oxygen atoms in total. The van der Waals surface area contributed by atoms with Crippen molar-refractivity contribution in [1.82, 2.24) is 5.32 Å². The minimum Gasteiger partial charge on any atom is -0.489 e. The fourth-order valence-electron chi connectivity index (χ4n) is 1.69. The van der Waals surface area contributed by atoms with Gasteiger partial charge in [-0.3, -0.25) is 0 Å². The Morgan fingerprint density at radius 3 is 2.72 bits per heavy atom. The maximum absolute atomic E-state index is 9.28. The van der Waals surface area contributed by atoms with Gasteiger partial charge in [-0.2, -0.15) is 0 Å². The third-order valence-corrected chi connectivity index (χ3v) is 2.89. The van der Waals surface area contributed by atoms with Crippen LogP contribution in [0.2, 0.25) is 0 Å². The van der Waals surface area contributed by atoms with Gasteiger partial charge in [0, 0.05) is 18.2 Å². The highest BCUT2D eigenvalue weighted by Crippen LogP contribution is 2.18. The van der Waals surface area contributed by atoms with E-state index < -0.39 is 0 Å². The zero-order valence-corrected chi connectivity index (χ0v) is 11.2. The molecule has 1 unspecified atom stereocenters. The van der Waals surface area contributed by atoms with Crippen LogP contribution in [0.1, 0.15) is 19.4 Å². The molecule has 1 aromatic rings. The van der Waals surface area contributed by atoms with Crippen LogP contribution in [0.25, 0.3) is 0 Å². The number of nitrogens with one attached hydrogen (secondary N) is 1. The maximum atomic E-state index is 9.28. The zero-order valence-electron chi connectivity index (χ0n) is 11.2. The molecule has 0 saturated carbocycles. The zero-order chi connectivity index (χ0) is 13.4. The molecule has 0 amide bonds. The smallest absolute Gasteiger partial charge is 0.124 e. The van der Waals surface area contributed by atoms with Gasteiger partial charge in [-0.15, -0.1) is 0 Å². The van der Waals surface area contributed by atoms with Crippen LogP contribution in [0.3, 0.4) is 0 Å². The lowest BCUT2D eigenvalue weighted by atomic mass is 10.0. The first-order valence-electron chi connectivity index (χ1n) is 6.34. The molecular formula is C15H23NO2. The van der Waals surface area contributed by atoms with Crippen molar-refractivity contribution in [2.75, 3.05) is 13.2 Å². The second-order valence-corrected chi connectivity index (χ2v) is 4.62. The molecule has 0 spiro atoms. The predicted octanol–water partition coefficient (Wildman–Crippen LogP) is 2.36. The van der Waals surface area contributed by atoms with E-state index in [1.165, 1.54) is 0 Å². The largest absolute Gasteiger partial charge is 0.489 e. The van der Waals surface area contributed by atoms with Gasteiger partial charge in [-0.05, 0) is 12.0 Å². The SMILES string of the molecule is C=CCOc1ccccc1CNC(CO)C(C)C. The van der Waals surface area contributed by atoms with Crippen LogP contribution in [0.5, 0.6) is 5.75 Å². The second-order valence-electron chi connectivity index (χ2n) is 4.62. The highest BCUT2D eigenvalue weighted by molar-refractivity contribution is 5.33. The van der Waals surface area contributed by atoms with Gasteiger partial charge in [-0.1, -0.05) is 44.7 Å². The van der Waals surface area contributed by atoms with Gasteiger partial charge in [0.2, 0.25) is 0 Å². The molecule has 18 heavy (non-hydrogen) atoms. The van der Waals surface area contributed by atoms with Gasteiger partial charge in [0.15, 0.2) is 0 Å². The van der Waals surface area contributed by atoms with Gasteiger partial charge >= 0.3 is 0 Å². The Bertz CT molecular complexity index is 363. The third-order valence-electron chi connectivity index (χ3n) is 2.89. The Labute approximate surface area is 109 Å². The van der Waals surface area contributed by atoms with Gasteiger partial charge < -0.3 is 15.2 Å². The van der Waals surface area contributed by atoms with Crippen molar-refractivity contribution in [3.05, 3.63) is 42.5 Å². The van der Waals surface area contributed by atoms with Crippen LogP contribution in [0, 0.1) is 5.92 Å². The summed E-state index contributed by atoms with van der Waals surface area (Å²) in [7, 11) is 0. The summed E-state index contributed by atoms with van der Waals surface area (Å²) in [6.07, 6.45) is 1.73. The molecule has 100 valence electrons.